The molecule has 1 heterocycles. The molecule has 0 aromatic heterocycles. The lowest BCUT2D eigenvalue weighted by Gasteiger charge is -2.38. The van der Waals surface area contributed by atoms with Crippen molar-refractivity contribution in [2.75, 3.05) is 13.1 Å². The minimum atomic E-state index is -1.42. The fourth-order valence-corrected chi connectivity index (χ4v) is 5.76. The molecule has 3 rings (SSSR count). The van der Waals surface area contributed by atoms with Gasteiger partial charge in [-0.15, -0.1) is 6.58 Å². The van der Waals surface area contributed by atoms with E-state index in [4.69, 9.17) is 4.74 Å². The largest absolute Gasteiger partial charge is 0.444 e. The summed E-state index contributed by atoms with van der Waals surface area (Å²) < 4.78 is 5.41. The molecule has 2 saturated carbocycles. The number of rotatable bonds is 10. The molecule has 0 aromatic carbocycles. The minimum absolute atomic E-state index is 0.0584. The van der Waals surface area contributed by atoms with Crippen molar-refractivity contribution in [3.8, 4) is 0 Å². The van der Waals surface area contributed by atoms with Crippen LogP contribution in [0.3, 0.4) is 0 Å². The van der Waals surface area contributed by atoms with Gasteiger partial charge in [0.05, 0.1) is 6.04 Å². The van der Waals surface area contributed by atoms with Crippen molar-refractivity contribution < 1.29 is 29.0 Å². The van der Waals surface area contributed by atoms with E-state index in [1.165, 1.54) is 6.08 Å². The maximum atomic E-state index is 14.0. The Morgan fingerprint density at radius 1 is 1.10 bits per heavy atom. The zero-order valence-corrected chi connectivity index (χ0v) is 24.8. The molecule has 3 fully saturated rings. The Labute approximate surface area is 232 Å². The van der Waals surface area contributed by atoms with Crippen LogP contribution in [0.25, 0.3) is 0 Å². The van der Waals surface area contributed by atoms with Crippen molar-refractivity contribution in [1.82, 2.24) is 20.9 Å². The number of nitrogens with zero attached hydrogens (tertiary/aromatic N) is 1. The molecule has 1 saturated heterocycles. The number of ether oxygens (including phenoxy) is 1. The van der Waals surface area contributed by atoms with Crippen LogP contribution < -0.4 is 16.0 Å². The molecule has 0 radical (unpaired) electrons. The number of hydrogen-bond donors (Lipinski definition) is 4. The molecule has 2 aliphatic carbocycles. The quantitative estimate of drug-likeness (QED) is 0.309. The van der Waals surface area contributed by atoms with E-state index < -0.39 is 47.2 Å². The molecule has 6 atom stereocenters. The van der Waals surface area contributed by atoms with Crippen LogP contribution >= 0.6 is 0 Å². The van der Waals surface area contributed by atoms with Crippen LogP contribution in [0.2, 0.25) is 0 Å². The van der Waals surface area contributed by atoms with Gasteiger partial charge in [0.1, 0.15) is 17.7 Å². The molecule has 3 aliphatic rings. The first-order valence-electron chi connectivity index (χ1n) is 14.1. The molecular formula is C29H48N4O6. The average Bonchev–Trinajstić information content (AvgIpc) is 3.65. The number of nitrogens with one attached hydrogen (secondary N) is 3. The van der Waals surface area contributed by atoms with Crippen LogP contribution in [0.4, 0.5) is 4.79 Å². The lowest BCUT2D eigenvalue weighted by Crippen LogP contribution is -2.61. The Balaban J connectivity index is 1.82. The van der Waals surface area contributed by atoms with Gasteiger partial charge in [0.25, 0.3) is 5.91 Å². The van der Waals surface area contributed by atoms with E-state index in [1.54, 1.807) is 25.7 Å². The van der Waals surface area contributed by atoms with Gasteiger partial charge in [-0.3, -0.25) is 14.4 Å². The van der Waals surface area contributed by atoms with Crippen molar-refractivity contribution in [1.29, 1.82) is 0 Å². The summed E-state index contributed by atoms with van der Waals surface area (Å²) >= 11 is 0. The normalized spacial score (nSPS) is 26.0. The summed E-state index contributed by atoms with van der Waals surface area (Å²) in [5.41, 5.74) is -1.50. The van der Waals surface area contributed by atoms with E-state index in [-0.39, 0.29) is 35.6 Å². The molecule has 0 aromatic rings. The maximum Gasteiger partial charge on any atom is 0.408 e. The highest BCUT2D eigenvalue weighted by Crippen LogP contribution is 2.65. The van der Waals surface area contributed by atoms with Crippen molar-refractivity contribution in [3.63, 3.8) is 0 Å². The molecule has 4 N–H and O–H groups in total. The SMILES string of the molecule is C=CCNC(=O)C(O)C(CC1CC1)NC(=O)[C@@H]1[C@@H]2[C@H](CN1C(=O)[C@@H](NC(=O)OC(C)(C)C)C(C)(C)C)C2(C)C. The molecule has 4 amide bonds. The highest BCUT2D eigenvalue weighted by molar-refractivity contribution is 5.94. The lowest BCUT2D eigenvalue weighted by atomic mass is 9.85. The fraction of sp³-hybridized carbons (Fsp3) is 0.793. The Kier molecular flexibility index (Phi) is 8.80. The monoisotopic (exact) mass is 548 g/mol. The molecule has 2 unspecified atom stereocenters. The van der Waals surface area contributed by atoms with Crippen LogP contribution in [0.1, 0.15) is 74.7 Å². The molecule has 0 bridgehead atoms. The van der Waals surface area contributed by atoms with Gasteiger partial charge < -0.3 is 30.7 Å². The predicted octanol–water partition coefficient (Wildman–Crippen LogP) is 2.36. The third-order valence-corrected chi connectivity index (χ3v) is 8.22. The van der Waals surface area contributed by atoms with Gasteiger partial charge >= 0.3 is 6.09 Å². The Bertz CT molecular complexity index is 977. The molecule has 10 heteroatoms. The number of likely N-dealkylation sites (tertiary alicyclic amines) is 1. The Hall–Kier alpha value is -2.62. The third kappa shape index (κ3) is 7.32. The first-order chi connectivity index (χ1) is 17.9. The number of alkyl carbamates (subject to hydrolysis) is 1. The standard InChI is InChI=1S/C29H48N4O6/c1-10-13-30-24(36)21(34)18(14-16-11-12-16)31-23(35)20-19-17(29(19,8)9)15-33(20)25(37)22(27(2,3)4)32-26(38)39-28(5,6)7/h10,16-22,34H,1,11-15H2,2-9H3,(H,30,36)(H,31,35)(H,32,38)/t17-,18?,19-,20-,21?,22+/m0/s1. The van der Waals surface area contributed by atoms with Crippen LogP contribution in [0.15, 0.2) is 12.7 Å². The van der Waals surface area contributed by atoms with Gasteiger partial charge in [0.2, 0.25) is 11.8 Å². The van der Waals surface area contributed by atoms with Gasteiger partial charge in [-0.1, -0.05) is 53.5 Å². The summed E-state index contributed by atoms with van der Waals surface area (Å²) in [5.74, 6) is -0.878. The van der Waals surface area contributed by atoms with Gasteiger partial charge in [0, 0.05) is 13.1 Å². The number of aliphatic hydroxyl groups excluding tert-OH is 1. The minimum Gasteiger partial charge on any atom is -0.444 e. The molecular weight excluding hydrogens is 500 g/mol. The fourth-order valence-electron chi connectivity index (χ4n) is 5.76. The second-order valence-electron chi connectivity index (χ2n) is 14.1. The van der Waals surface area contributed by atoms with Gasteiger partial charge in [-0.05, 0) is 55.8 Å². The number of hydrogen-bond acceptors (Lipinski definition) is 6. The molecule has 10 nitrogen and oxygen atoms in total. The molecule has 220 valence electrons. The van der Waals surface area contributed by atoms with E-state index in [0.29, 0.717) is 18.9 Å². The smallest absolute Gasteiger partial charge is 0.408 e. The summed E-state index contributed by atoms with van der Waals surface area (Å²) in [6, 6.07) is -2.46. The number of piperidine rings is 1. The highest BCUT2D eigenvalue weighted by Gasteiger charge is 2.70. The van der Waals surface area contributed by atoms with E-state index in [9.17, 15) is 24.3 Å². The predicted molar refractivity (Wildman–Crippen MR) is 147 cm³/mol. The molecule has 0 spiro atoms. The topological polar surface area (TPSA) is 137 Å². The molecule has 1 aliphatic heterocycles. The number of fused-ring (bicyclic) bond motifs is 1. The van der Waals surface area contributed by atoms with E-state index >= 15 is 0 Å². The number of amides is 4. The third-order valence-electron chi connectivity index (χ3n) is 8.22. The first kappa shape index (κ1) is 30.9. The van der Waals surface area contributed by atoms with E-state index in [2.05, 4.69) is 36.4 Å². The zero-order chi connectivity index (χ0) is 29.5. The van der Waals surface area contributed by atoms with E-state index in [0.717, 1.165) is 12.8 Å². The number of aliphatic hydroxyl groups is 1. The zero-order valence-electron chi connectivity index (χ0n) is 24.8. The van der Waals surface area contributed by atoms with Crippen LogP contribution in [-0.2, 0) is 19.1 Å². The van der Waals surface area contributed by atoms with Crippen molar-refractivity contribution in [3.05, 3.63) is 12.7 Å². The summed E-state index contributed by atoms with van der Waals surface area (Å²) in [7, 11) is 0. The Morgan fingerprint density at radius 3 is 2.23 bits per heavy atom. The van der Waals surface area contributed by atoms with Crippen molar-refractivity contribution >= 4 is 23.8 Å². The van der Waals surface area contributed by atoms with Gasteiger partial charge in [0.15, 0.2) is 6.10 Å². The van der Waals surface area contributed by atoms with Gasteiger partial charge in [-0.25, -0.2) is 4.79 Å². The average molecular weight is 549 g/mol. The van der Waals surface area contributed by atoms with Gasteiger partial charge in [-0.2, -0.15) is 0 Å². The molecule has 39 heavy (non-hydrogen) atoms. The lowest BCUT2D eigenvalue weighted by molar-refractivity contribution is -0.145. The van der Waals surface area contributed by atoms with Crippen molar-refractivity contribution in [2.45, 2.75) is 104 Å². The van der Waals surface area contributed by atoms with Crippen LogP contribution in [0, 0.1) is 28.6 Å². The van der Waals surface area contributed by atoms with Crippen molar-refractivity contribution in [2.24, 2.45) is 28.6 Å². The summed E-state index contributed by atoms with van der Waals surface area (Å²) in [4.78, 5) is 54.5. The highest BCUT2D eigenvalue weighted by atomic mass is 16.6. The summed E-state index contributed by atoms with van der Waals surface area (Å²) in [5, 5.41) is 19.1. The van der Waals surface area contributed by atoms with E-state index in [1.807, 2.05) is 20.8 Å². The number of carbonyl (C=O) groups is 4. The van der Waals surface area contributed by atoms with Crippen LogP contribution in [-0.4, -0.2) is 76.7 Å². The Morgan fingerprint density at radius 2 is 1.72 bits per heavy atom. The second-order valence-corrected chi connectivity index (χ2v) is 14.1. The number of carbonyl (C=O) groups excluding carboxylic acids is 4. The summed E-state index contributed by atoms with van der Waals surface area (Å²) in [6.07, 6.45) is 1.87. The second kappa shape index (κ2) is 11.1. The maximum absolute atomic E-state index is 14.0. The first-order valence-corrected chi connectivity index (χ1v) is 14.1. The van der Waals surface area contributed by atoms with Crippen LogP contribution in [0.5, 0.6) is 0 Å². The summed E-state index contributed by atoms with van der Waals surface area (Å²) in [6.45, 7) is 19.2.